The lowest BCUT2D eigenvalue weighted by Crippen LogP contribution is -2.30. The van der Waals surface area contributed by atoms with E-state index in [4.69, 9.17) is 0 Å². The molecule has 2 aromatic carbocycles. The van der Waals surface area contributed by atoms with Crippen molar-refractivity contribution in [1.82, 2.24) is 9.80 Å². The molecule has 0 amide bonds. The van der Waals surface area contributed by atoms with Crippen LogP contribution in [0, 0.1) is 0 Å². The normalized spacial score (nSPS) is 11.2. The van der Waals surface area contributed by atoms with Gasteiger partial charge in [-0.15, -0.1) is 0 Å². The molecule has 0 bridgehead atoms. The van der Waals surface area contributed by atoms with Crippen molar-refractivity contribution in [1.29, 1.82) is 0 Å². The van der Waals surface area contributed by atoms with Gasteiger partial charge in [-0.05, 0) is 25.2 Å². The third-order valence-electron chi connectivity index (χ3n) is 3.45. The van der Waals surface area contributed by atoms with Crippen molar-refractivity contribution in [2.24, 2.45) is 0 Å². The van der Waals surface area contributed by atoms with E-state index >= 15 is 0 Å². The summed E-state index contributed by atoms with van der Waals surface area (Å²) >= 11 is 0. The highest BCUT2D eigenvalue weighted by atomic mass is 15.2. The van der Waals surface area contributed by atoms with Crippen molar-refractivity contribution < 1.29 is 0 Å². The van der Waals surface area contributed by atoms with Gasteiger partial charge in [0.2, 0.25) is 0 Å². The number of hydrogen-bond acceptors (Lipinski definition) is 2. The number of hydrogen-bond donors (Lipinski definition) is 0. The molecule has 0 saturated heterocycles. The highest BCUT2D eigenvalue weighted by Gasteiger charge is 2.03. The van der Waals surface area contributed by atoms with E-state index in [1.807, 2.05) is 0 Å². The Morgan fingerprint density at radius 1 is 0.600 bits per heavy atom. The van der Waals surface area contributed by atoms with Crippen LogP contribution in [-0.4, -0.2) is 37.0 Å². The zero-order chi connectivity index (χ0) is 14.2. The topological polar surface area (TPSA) is 6.48 Å². The van der Waals surface area contributed by atoms with Crippen molar-refractivity contribution in [3.63, 3.8) is 0 Å². The maximum absolute atomic E-state index is 2.37. The summed E-state index contributed by atoms with van der Waals surface area (Å²) in [4.78, 5) is 4.74. The molecular weight excluding hydrogens is 244 g/mol. The largest absolute Gasteiger partial charge is 0.301 e. The molecule has 2 heteroatoms. The van der Waals surface area contributed by atoms with Gasteiger partial charge in [-0.3, -0.25) is 0 Å². The van der Waals surface area contributed by atoms with Crippen LogP contribution < -0.4 is 0 Å². The van der Waals surface area contributed by atoms with Gasteiger partial charge < -0.3 is 9.80 Å². The van der Waals surface area contributed by atoms with Crippen molar-refractivity contribution in [2.75, 3.05) is 27.2 Å². The number of nitrogens with zero attached hydrogens (tertiary/aromatic N) is 2. The molecule has 0 saturated carbocycles. The third kappa shape index (κ3) is 5.16. The average molecular weight is 268 g/mol. The Kier molecular flexibility index (Phi) is 5.78. The van der Waals surface area contributed by atoms with Crippen LogP contribution in [0.15, 0.2) is 60.7 Å². The number of benzene rings is 2. The molecule has 106 valence electrons. The summed E-state index contributed by atoms with van der Waals surface area (Å²) in [6.45, 7) is 4.19. The minimum Gasteiger partial charge on any atom is -0.301 e. The van der Waals surface area contributed by atoms with Gasteiger partial charge in [0.25, 0.3) is 0 Å². The van der Waals surface area contributed by atoms with Crippen molar-refractivity contribution in [3.05, 3.63) is 71.8 Å². The fourth-order valence-electron chi connectivity index (χ4n) is 2.29. The highest BCUT2D eigenvalue weighted by molar-refractivity contribution is 5.15. The molecule has 0 atom stereocenters. The Balaban J connectivity index is 1.71. The van der Waals surface area contributed by atoms with Gasteiger partial charge in [0.15, 0.2) is 0 Å². The molecule has 0 aromatic heterocycles. The predicted molar refractivity (Wildman–Crippen MR) is 85.6 cm³/mol. The van der Waals surface area contributed by atoms with Crippen molar-refractivity contribution >= 4 is 0 Å². The maximum atomic E-state index is 2.37. The predicted octanol–water partition coefficient (Wildman–Crippen LogP) is 3.25. The minimum atomic E-state index is 1.01. The molecule has 0 heterocycles. The molecule has 0 N–H and O–H groups in total. The van der Waals surface area contributed by atoms with Crippen LogP contribution in [0.5, 0.6) is 0 Å². The number of likely N-dealkylation sites (N-methyl/N-ethyl adjacent to an activating group) is 2. The van der Waals surface area contributed by atoms with Gasteiger partial charge in [0, 0.05) is 26.2 Å². The Morgan fingerprint density at radius 2 is 0.950 bits per heavy atom. The van der Waals surface area contributed by atoms with Crippen LogP contribution in [0.1, 0.15) is 11.1 Å². The quantitative estimate of drug-likeness (QED) is 0.760. The molecule has 0 aliphatic rings. The Morgan fingerprint density at radius 3 is 1.30 bits per heavy atom. The molecule has 0 aliphatic carbocycles. The summed E-state index contributed by atoms with van der Waals surface area (Å²) in [6, 6.07) is 21.3. The SMILES string of the molecule is CN(CCN(C)Cc1ccccc1)Cc1ccccc1. The van der Waals surface area contributed by atoms with Gasteiger partial charge in [0.1, 0.15) is 0 Å². The first kappa shape index (κ1) is 14.8. The molecule has 0 spiro atoms. The molecule has 0 fully saturated rings. The number of rotatable bonds is 7. The first-order valence-corrected chi connectivity index (χ1v) is 7.19. The zero-order valence-corrected chi connectivity index (χ0v) is 12.5. The van der Waals surface area contributed by atoms with Crippen LogP contribution in [0.3, 0.4) is 0 Å². The lowest BCUT2D eigenvalue weighted by atomic mass is 10.2. The zero-order valence-electron chi connectivity index (χ0n) is 12.5. The second kappa shape index (κ2) is 7.83. The Labute approximate surface area is 122 Å². The third-order valence-corrected chi connectivity index (χ3v) is 3.45. The van der Waals surface area contributed by atoms with Gasteiger partial charge in [-0.2, -0.15) is 0 Å². The second-order valence-electron chi connectivity index (χ2n) is 5.45. The summed E-state index contributed by atoms with van der Waals surface area (Å²) < 4.78 is 0. The van der Waals surface area contributed by atoms with E-state index in [1.165, 1.54) is 11.1 Å². The summed E-state index contributed by atoms with van der Waals surface area (Å²) in [5.74, 6) is 0. The lowest BCUT2D eigenvalue weighted by molar-refractivity contribution is 0.247. The fourth-order valence-corrected chi connectivity index (χ4v) is 2.29. The van der Waals surface area contributed by atoms with Crippen LogP contribution in [0.2, 0.25) is 0 Å². The van der Waals surface area contributed by atoms with Crippen LogP contribution in [-0.2, 0) is 13.1 Å². The van der Waals surface area contributed by atoms with E-state index in [1.54, 1.807) is 0 Å². The molecule has 0 aliphatic heterocycles. The molecule has 20 heavy (non-hydrogen) atoms. The Hall–Kier alpha value is -1.64. The highest BCUT2D eigenvalue weighted by Crippen LogP contribution is 2.04. The molecule has 2 aromatic rings. The summed E-state index contributed by atoms with van der Waals surface area (Å²) in [6.07, 6.45) is 0. The summed E-state index contributed by atoms with van der Waals surface area (Å²) in [7, 11) is 4.37. The smallest absolute Gasteiger partial charge is 0.0231 e. The van der Waals surface area contributed by atoms with E-state index < -0.39 is 0 Å². The first-order valence-electron chi connectivity index (χ1n) is 7.19. The van der Waals surface area contributed by atoms with Gasteiger partial charge in [-0.1, -0.05) is 60.7 Å². The molecule has 2 nitrogen and oxygen atoms in total. The van der Waals surface area contributed by atoms with Crippen LogP contribution in [0.4, 0.5) is 0 Å². The van der Waals surface area contributed by atoms with E-state index in [0.717, 1.165) is 26.2 Å². The molecule has 2 rings (SSSR count). The standard InChI is InChI=1S/C18H24N2/c1-19(15-17-9-5-3-6-10-17)13-14-20(2)16-18-11-7-4-8-12-18/h3-12H,13-16H2,1-2H3. The molecule has 0 unspecified atom stereocenters. The average Bonchev–Trinajstić information content (AvgIpc) is 2.47. The van der Waals surface area contributed by atoms with Crippen LogP contribution >= 0.6 is 0 Å². The van der Waals surface area contributed by atoms with Crippen molar-refractivity contribution in [3.8, 4) is 0 Å². The minimum absolute atomic E-state index is 1.01. The van der Waals surface area contributed by atoms with E-state index in [2.05, 4.69) is 84.6 Å². The molecular formula is C18H24N2. The van der Waals surface area contributed by atoms with Gasteiger partial charge >= 0.3 is 0 Å². The summed E-state index contributed by atoms with van der Waals surface area (Å²) in [5, 5.41) is 0. The van der Waals surface area contributed by atoms with Gasteiger partial charge in [-0.25, -0.2) is 0 Å². The maximum Gasteiger partial charge on any atom is 0.0231 e. The molecule has 0 radical (unpaired) electrons. The second-order valence-corrected chi connectivity index (χ2v) is 5.45. The Bertz CT molecular complexity index is 434. The van der Waals surface area contributed by atoms with Crippen molar-refractivity contribution in [2.45, 2.75) is 13.1 Å². The monoisotopic (exact) mass is 268 g/mol. The lowest BCUT2D eigenvalue weighted by Gasteiger charge is -2.22. The van der Waals surface area contributed by atoms with E-state index in [-0.39, 0.29) is 0 Å². The van der Waals surface area contributed by atoms with Gasteiger partial charge in [0.05, 0.1) is 0 Å². The van der Waals surface area contributed by atoms with E-state index in [9.17, 15) is 0 Å². The van der Waals surface area contributed by atoms with Crippen LogP contribution in [0.25, 0.3) is 0 Å². The first-order chi connectivity index (χ1) is 9.74. The fraction of sp³-hybridized carbons (Fsp3) is 0.333. The van der Waals surface area contributed by atoms with E-state index in [0.29, 0.717) is 0 Å². The summed E-state index contributed by atoms with van der Waals surface area (Å²) in [5.41, 5.74) is 2.75.